The van der Waals surface area contributed by atoms with E-state index in [1.54, 1.807) is 0 Å². The third-order valence-corrected chi connectivity index (χ3v) is 1.27. The van der Waals surface area contributed by atoms with Crippen LogP contribution >= 0.6 is 12.2 Å². The highest BCUT2D eigenvalue weighted by molar-refractivity contribution is 7.80. The van der Waals surface area contributed by atoms with Gasteiger partial charge in [-0.15, -0.1) is 5.10 Å². The summed E-state index contributed by atoms with van der Waals surface area (Å²) >= 11 is 4.64. The number of hydrogen-bond acceptors (Lipinski definition) is 4. The molecule has 0 amide bonds. The van der Waals surface area contributed by atoms with Crippen molar-refractivity contribution in [1.82, 2.24) is 14.8 Å². The number of aliphatic hydroxyl groups is 1. The van der Waals surface area contributed by atoms with Crippen LogP contribution in [-0.4, -0.2) is 31.5 Å². The van der Waals surface area contributed by atoms with Crippen LogP contribution in [-0.2, 0) is 6.54 Å². The molecule has 1 aromatic heterocycles. The molecule has 0 saturated carbocycles. The van der Waals surface area contributed by atoms with Crippen molar-refractivity contribution >= 4 is 17.2 Å². The fourth-order valence-electron chi connectivity index (χ4n) is 0.618. The third kappa shape index (κ3) is 1.95. The maximum Gasteiger partial charge on any atom is 0.208 e. The molecule has 0 radical (unpaired) electrons. The minimum absolute atomic E-state index is 0.0279. The van der Waals surface area contributed by atoms with E-state index in [1.165, 1.54) is 11.0 Å². The van der Waals surface area contributed by atoms with E-state index in [-0.39, 0.29) is 11.6 Å². The standard InChI is InChI=1S/C5H8N4OS/c6-4(11)5-7-3-9(8-5)1-2-10/h3,10H,1-2H2,(H2,6,11). The molecule has 1 heterocycles. The summed E-state index contributed by atoms with van der Waals surface area (Å²) in [5.74, 6) is 0.341. The van der Waals surface area contributed by atoms with E-state index in [0.29, 0.717) is 12.4 Å². The Morgan fingerprint density at radius 2 is 2.55 bits per heavy atom. The number of thiocarbonyl (C=S) groups is 1. The Hall–Kier alpha value is -1.01. The van der Waals surface area contributed by atoms with Gasteiger partial charge >= 0.3 is 0 Å². The molecule has 5 nitrogen and oxygen atoms in total. The Morgan fingerprint density at radius 3 is 3.00 bits per heavy atom. The van der Waals surface area contributed by atoms with Gasteiger partial charge < -0.3 is 10.8 Å². The van der Waals surface area contributed by atoms with E-state index >= 15 is 0 Å². The smallest absolute Gasteiger partial charge is 0.208 e. The zero-order chi connectivity index (χ0) is 8.27. The summed E-state index contributed by atoms with van der Waals surface area (Å²) in [7, 11) is 0. The zero-order valence-electron chi connectivity index (χ0n) is 5.77. The van der Waals surface area contributed by atoms with Crippen LogP contribution in [0.25, 0.3) is 0 Å². The molecule has 0 spiro atoms. The van der Waals surface area contributed by atoms with Crippen LogP contribution < -0.4 is 5.73 Å². The van der Waals surface area contributed by atoms with Crippen molar-refractivity contribution in [3.8, 4) is 0 Å². The summed E-state index contributed by atoms with van der Waals surface area (Å²) in [6.45, 7) is 0.440. The molecule has 3 N–H and O–H groups in total. The molecule has 60 valence electrons. The van der Waals surface area contributed by atoms with Crippen LogP contribution in [0.15, 0.2) is 6.33 Å². The minimum Gasteiger partial charge on any atom is -0.394 e. The summed E-state index contributed by atoms with van der Waals surface area (Å²) in [6, 6.07) is 0. The fourth-order valence-corrected chi connectivity index (χ4v) is 0.711. The molecule has 0 aromatic carbocycles. The molecule has 6 heteroatoms. The van der Waals surface area contributed by atoms with E-state index < -0.39 is 0 Å². The van der Waals surface area contributed by atoms with Crippen LogP contribution in [0.5, 0.6) is 0 Å². The van der Waals surface area contributed by atoms with Crippen molar-refractivity contribution < 1.29 is 5.11 Å². The molecule has 1 aromatic rings. The van der Waals surface area contributed by atoms with Crippen LogP contribution in [0.3, 0.4) is 0 Å². The van der Waals surface area contributed by atoms with Gasteiger partial charge in [0.15, 0.2) is 0 Å². The van der Waals surface area contributed by atoms with Gasteiger partial charge in [-0.25, -0.2) is 9.67 Å². The molecule has 0 aliphatic rings. The van der Waals surface area contributed by atoms with E-state index in [1.807, 2.05) is 0 Å². The van der Waals surface area contributed by atoms with Gasteiger partial charge in [0.2, 0.25) is 5.82 Å². The number of rotatable bonds is 3. The lowest BCUT2D eigenvalue weighted by atomic mass is 10.6. The van der Waals surface area contributed by atoms with Crippen molar-refractivity contribution in [2.45, 2.75) is 6.54 Å². The van der Waals surface area contributed by atoms with Crippen molar-refractivity contribution in [1.29, 1.82) is 0 Å². The lowest BCUT2D eigenvalue weighted by molar-refractivity contribution is 0.269. The van der Waals surface area contributed by atoms with Gasteiger partial charge in [-0.05, 0) is 0 Å². The van der Waals surface area contributed by atoms with Crippen molar-refractivity contribution in [3.63, 3.8) is 0 Å². The molecular weight excluding hydrogens is 164 g/mol. The summed E-state index contributed by atoms with van der Waals surface area (Å²) in [6.07, 6.45) is 1.48. The van der Waals surface area contributed by atoms with Gasteiger partial charge in [0.05, 0.1) is 13.2 Å². The van der Waals surface area contributed by atoms with Crippen LogP contribution in [0, 0.1) is 0 Å². The van der Waals surface area contributed by atoms with Crippen molar-refractivity contribution in [3.05, 3.63) is 12.2 Å². The molecule has 0 atom stereocenters. The van der Waals surface area contributed by atoms with E-state index in [4.69, 9.17) is 10.8 Å². The Kier molecular flexibility index (Phi) is 2.50. The van der Waals surface area contributed by atoms with Crippen molar-refractivity contribution in [2.24, 2.45) is 5.73 Å². The second kappa shape index (κ2) is 3.40. The number of hydrogen-bond donors (Lipinski definition) is 2. The Bertz CT molecular complexity index is 259. The summed E-state index contributed by atoms with van der Waals surface area (Å²) in [5.41, 5.74) is 5.25. The van der Waals surface area contributed by atoms with Gasteiger partial charge in [0.25, 0.3) is 0 Å². The monoisotopic (exact) mass is 172 g/mol. The van der Waals surface area contributed by atoms with Gasteiger partial charge in [0.1, 0.15) is 11.3 Å². The Balaban J connectivity index is 2.73. The number of aromatic nitrogens is 3. The molecule has 0 aliphatic heterocycles. The molecular formula is C5H8N4OS. The lowest BCUT2D eigenvalue weighted by Crippen LogP contribution is -2.12. The normalized spacial score (nSPS) is 9.91. The first-order chi connectivity index (χ1) is 5.24. The summed E-state index contributed by atoms with van der Waals surface area (Å²) in [5, 5.41) is 12.4. The third-order valence-electron chi connectivity index (χ3n) is 1.09. The average molecular weight is 172 g/mol. The number of aliphatic hydroxyl groups excluding tert-OH is 1. The highest BCUT2D eigenvalue weighted by Gasteiger charge is 2.01. The lowest BCUT2D eigenvalue weighted by Gasteiger charge is -1.92. The van der Waals surface area contributed by atoms with Crippen LogP contribution in [0.2, 0.25) is 0 Å². The van der Waals surface area contributed by atoms with Gasteiger partial charge in [0, 0.05) is 0 Å². The van der Waals surface area contributed by atoms with Crippen molar-refractivity contribution in [2.75, 3.05) is 6.61 Å². The Morgan fingerprint density at radius 1 is 1.82 bits per heavy atom. The molecule has 11 heavy (non-hydrogen) atoms. The van der Waals surface area contributed by atoms with Gasteiger partial charge in [-0.1, -0.05) is 12.2 Å². The van der Waals surface area contributed by atoms with E-state index in [2.05, 4.69) is 22.3 Å². The highest BCUT2D eigenvalue weighted by atomic mass is 32.1. The fraction of sp³-hybridized carbons (Fsp3) is 0.400. The largest absolute Gasteiger partial charge is 0.394 e. The van der Waals surface area contributed by atoms with E-state index in [0.717, 1.165) is 0 Å². The highest BCUT2D eigenvalue weighted by Crippen LogP contribution is 1.88. The molecule has 0 unspecified atom stereocenters. The second-order valence-corrected chi connectivity index (χ2v) is 2.36. The topological polar surface area (TPSA) is 77.0 Å². The Labute approximate surface area is 68.8 Å². The molecule has 0 fully saturated rings. The van der Waals surface area contributed by atoms with Crippen LogP contribution in [0.1, 0.15) is 5.82 Å². The first kappa shape index (κ1) is 8.09. The quantitative estimate of drug-likeness (QED) is 0.566. The maximum absolute atomic E-state index is 8.51. The predicted octanol–water partition coefficient (Wildman–Crippen LogP) is -1.10. The summed E-state index contributed by atoms with van der Waals surface area (Å²) in [4.78, 5) is 3.98. The summed E-state index contributed by atoms with van der Waals surface area (Å²) < 4.78 is 1.48. The van der Waals surface area contributed by atoms with Crippen LogP contribution in [0.4, 0.5) is 0 Å². The van der Waals surface area contributed by atoms with E-state index in [9.17, 15) is 0 Å². The maximum atomic E-state index is 8.51. The second-order valence-electron chi connectivity index (χ2n) is 1.92. The molecule has 0 bridgehead atoms. The SMILES string of the molecule is NC(=S)c1ncn(CCO)n1. The zero-order valence-corrected chi connectivity index (χ0v) is 6.58. The first-order valence-corrected chi connectivity index (χ1v) is 3.45. The molecule has 1 rings (SSSR count). The molecule has 0 saturated heterocycles. The minimum atomic E-state index is 0.0279. The predicted molar refractivity (Wildman–Crippen MR) is 43.0 cm³/mol. The van der Waals surface area contributed by atoms with Gasteiger partial charge in [-0.2, -0.15) is 0 Å². The first-order valence-electron chi connectivity index (χ1n) is 3.04. The molecule has 0 aliphatic carbocycles. The average Bonchev–Trinajstić information content (AvgIpc) is 2.37. The number of nitrogens with zero attached hydrogens (tertiary/aromatic N) is 3. The van der Waals surface area contributed by atoms with Gasteiger partial charge in [-0.3, -0.25) is 0 Å². The number of nitrogens with two attached hydrogens (primary N) is 1.